The van der Waals surface area contributed by atoms with Gasteiger partial charge in [-0.2, -0.15) is 0 Å². The van der Waals surface area contributed by atoms with Crippen LogP contribution in [0.2, 0.25) is 0 Å². The average molecular weight is 367 g/mol. The first-order valence-corrected chi connectivity index (χ1v) is 9.07. The Bertz CT molecular complexity index is 844. The Morgan fingerprint density at radius 2 is 1.96 bits per heavy atom. The number of hydrogen-bond donors (Lipinski definition) is 0. The Kier molecular flexibility index (Phi) is 6.01. The van der Waals surface area contributed by atoms with E-state index in [9.17, 15) is 4.79 Å². The van der Waals surface area contributed by atoms with E-state index in [1.165, 1.54) is 0 Å². The van der Waals surface area contributed by atoms with Crippen molar-refractivity contribution in [1.29, 1.82) is 0 Å². The van der Waals surface area contributed by atoms with E-state index in [1.807, 2.05) is 55.5 Å². The molecule has 142 valence electrons. The highest BCUT2D eigenvalue weighted by Crippen LogP contribution is 2.32. The lowest BCUT2D eigenvalue weighted by molar-refractivity contribution is -0.120. The standard InChI is InChI=1S/C22H25NO4/c1-4-6-16-8-11-20(21(13-16)26-3)27-15-22(24)23-12-5-7-17-14-18(25-2)9-10-19(17)23/h4,6,8-11,13-14H,5,7,12,15H2,1-3H3. The SMILES string of the molecule is CC=Cc1ccc(OCC(=O)N2CCCc3cc(OC)ccc32)c(OC)c1. The number of carbonyl (C=O) groups excluding carboxylic acids is 1. The molecule has 2 aromatic carbocycles. The Labute approximate surface area is 160 Å². The normalized spacial score (nSPS) is 13.4. The minimum absolute atomic E-state index is 0.0369. The van der Waals surface area contributed by atoms with Crippen LogP contribution in [0.4, 0.5) is 5.69 Å². The summed E-state index contributed by atoms with van der Waals surface area (Å²) in [6.45, 7) is 2.62. The topological polar surface area (TPSA) is 48.0 Å². The van der Waals surface area contributed by atoms with Crippen molar-refractivity contribution in [2.24, 2.45) is 0 Å². The smallest absolute Gasteiger partial charge is 0.264 e. The number of nitrogens with zero attached hydrogens (tertiary/aromatic N) is 1. The Hall–Kier alpha value is -2.95. The van der Waals surface area contributed by atoms with Gasteiger partial charge in [-0.15, -0.1) is 0 Å². The second kappa shape index (κ2) is 8.62. The van der Waals surface area contributed by atoms with Gasteiger partial charge in [-0.25, -0.2) is 0 Å². The molecule has 0 bridgehead atoms. The summed E-state index contributed by atoms with van der Waals surface area (Å²) in [5.74, 6) is 1.92. The van der Waals surface area contributed by atoms with E-state index in [2.05, 4.69) is 0 Å². The second-order valence-electron chi connectivity index (χ2n) is 6.34. The van der Waals surface area contributed by atoms with Crippen LogP contribution in [0.3, 0.4) is 0 Å². The van der Waals surface area contributed by atoms with Gasteiger partial charge in [0.15, 0.2) is 18.1 Å². The van der Waals surface area contributed by atoms with Gasteiger partial charge in [-0.3, -0.25) is 4.79 Å². The fraction of sp³-hybridized carbons (Fsp3) is 0.318. The van der Waals surface area contributed by atoms with E-state index in [0.29, 0.717) is 18.0 Å². The molecular weight excluding hydrogens is 342 g/mol. The number of allylic oxidation sites excluding steroid dienone is 1. The van der Waals surface area contributed by atoms with Gasteiger partial charge in [0.2, 0.25) is 0 Å². The molecule has 0 unspecified atom stereocenters. The van der Waals surface area contributed by atoms with Crippen molar-refractivity contribution in [3.05, 3.63) is 53.6 Å². The lowest BCUT2D eigenvalue weighted by atomic mass is 10.0. The lowest BCUT2D eigenvalue weighted by Gasteiger charge is -2.29. The summed E-state index contributed by atoms with van der Waals surface area (Å²) in [4.78, 5) is 14.6. The summed E-state index contributed by atoms with van der Waals surface area (Å²) in [6, 6.07) is 11.5. The summed E-state index contributed by atoms with van der Waals surface area (Å²) in [5, 5.41) is 0. The van der Waals surface area contributed by atoms with Crippen molar-refractivity contribution >= 4 is 17.7 Å². The largest absolute Gasteiger partial charge is 0.497 e. The highest BCUT2D eigenvalue weighted by molar-refractivity contribution is 5.95. The maximum atomic E-state index is 12.8. The summed E-state index contributed by atoms with van der Waals surface area (Å²) < 4.78 is 16.5. The molecule has 0 saturated heterocycles. The first kappa shape index (κ1) is 18.8. The van der Waals surface area contributed by atoms with Crippen LogP contribution in [0.25, 0.3) is 6.08 Å². The molecule has 1 amide bonds. The maximum absolute atomic E-state index is 12.8. The highest BCUT2D eigenvalue weighted by atomic mass is 16.5. The molecule has 0 fully saturated rings. The Balaban J connectivity index is 1.72. The van der Waals surface area contributed by atoms with Crippen LogP contribution in [-0.2, 0) is 11.2 Å². The minimum atomic E-state index is -0.0688. The summed E-state index contributed by atoms with van der Waals surface area (Å²) >= 11 is 0. The highest BCUT2D eigenvalue weighted by Gasteiger charge is 2.23. The van der Waals surface area contributed by atoms with Crippen molar-refractivity contribution in [1.82, 2.24) is 0 Å². The molecule has 3 rings (SSSR count). The zero-order valence-corrected chi connectivity index (χ0v) is 16.0. The molecular formula is C22H25NO4. The number of anilines is 1. The van der Waals surface area contributed by atoms with E-state index in [-0.39, 0.29) is 12.5 Å². The van der Waals surface area contributed by atoms with Gasteiger partial charge in [0.05, 0.1) is 14.2 Å². The quantitative estimate of drug-likeness (QED) is 0.771. The average Bonchev–Trinajstić information content (AvgIpc) is 2.71. The third kappa shape index (κ3) is 4.25. The number of ether oxygens (including phenoxy) is 3. The zero-order chi connectivity index (χ0) is 19.2. The van der Waals surface area contributed by atoms with E-state index >= 15 is 0 Å². The summed E-state index contributed by atoms with van der Waals surface area (Å²) in [6.07, 6.45) is 5.81. The van der Waals surface area contributed by atoms with Gasteiger partial charge in [-0.05, 0) is 61.2 Å². The van der Waals surface area contributed by atoms with Gasteiger partial charge in [-0.1, -0.05) is 18.2 Å². The predicted molar refractivity (Wildman–Crippen MR) is 107 cm³/mol. The first-order chi connectivity index (χ1) is 13.2. The van der Waals surface area contributed by atoms with E-state index in [1.54, 1.807) is 19.1 Å². The van der Waals surface area contributed by atoms with Crippen LogP contribution in [0.5, 0.6) is 17.2 Å². The third-order valence-electron chi connectivity index (χ3n) is 4.60. The van der Waals surface area contributed by atoms with Crippen molar-refractivity contribution in [2.45, 2.75) is 19.8 Å². The fourth-order valence-corrected chi connectivity index (χ4v) is 3.28. The molecule has 0 spiro atoms. The van der Waals surface area contributed by atoms with Gasteiger partial charge in [0, 0.05) is 12.2 Å². The Morgan fingerprint density at radius 1 is 1.11 bits per heavy atom. The first-order valence-electron chi connectivity index (χ1n) is 9.07. The number of methoxy groups -OCH3 is 2. The number of fused-ring (bicyclic) bond motifs is 1. The van der Waals surface area contributed by atoms with Crippen LogP contribution in [0.15, 0.2) is 42.5 Å². The molecule has 0 radical (unpaired) electrons. The van der Waals surface area contributed by atoms with Crippen molar-refractivity contribution in [3.8, 4) is 17.2 Å². The molecule has 1 aliphatic heterocycles. The molecule has 1 heterocycles. The monoisotopic (exact) mass is 367 g/mol. The van der Waals surface area contributed by atoms with Gasteiger partial charge < -0.3 is 19.1 Å². The molecule has 0 aliphatic carbocycles. The summed E-state index contributed by atoms with van der Waals surface area (Å²) in [5.41, 5.74) is 3.08. The molecule has 5 heteroatoms. The lowest BCUT2D eigenvalue weighted by Crippen LogP contribution is -2.38. The molecule has 0 atom stereocenters. The second-order valence-corrected chi connectivity index (χ2v) is 6.34. The Morgan fingerprint density at radius 3 is 2.70 bits per heavy atom. The molecule has 1 aliphatic rings. The van der Waals surface area contributed by atoms with Crippen LogP contribution in [0.1, 0.15) is 24.5 Å². The van der Waals surface area contributed by atoms with Crippen LogP contribution in [-0.4, -0.2) is 33.3 Å². The van der Waals surface area contributed by atoms with Crippen molar-refractivity contribution < 1.29 is 19.0 Å². The number of benzene rings is 2. The molecule has 2 aromatic rings. The van der Waals surface area contributed by atoms with E-state index in [4.69, 9.17) is 14.2 Å². The van der Waals surface area contributed by atoms with E-state index < -0.39 is 0 Å². The van der Waals surface area contributed by atoms with Gasteiger partial charge in [0.25, 0.3) is 5.91 Å². The van der Waals surface area contributed by atoms with Crippen LogP contribution >= 0.6 is 0 Å². The molecule has 0 aromatic heterocycles. The number of amides is 1. The van der Waals surface area contributed by atoms with Crippen LogP contribution in [0, 0.1) is 0 Å². The number of hydrogen-bond acceptors (Lipinski definition) is 4. The molecule has 0 N–H and O–H groups in total. The fourth-order valence-electron chi connectivity index (χ4n) is 3.28. The van der Waals surface area contributed by atoms with E-state index in [0.717, 1.165) is 35.4 Å². The molecule has 0 saturated carbocycles. The third-order valence-corrected chi connectivity index (χ3v) is 4.60. The number of aryl methyl sites for hydroxylation is 1. The summed E-state index contributed by atoms with van der Waals surface area (Å²) in [7, 11) is 3.24. The number of rotatable bonds is 6. The predicted octanol–water partition coefficient (Wildman–Crippen LogP) is 4.10. The zero-order valence-electron chi connectivity index (χ0n) is 16.0. The van der Waals surface area contributed by atoms with Crippen molar-refractivity contribution in [2.75, 3.05) is 32.3 Å². The minimum Gasteiger partial charge on any atom is -0.497 e. The van der Waals surface area contributed by atoms with Gasteiger partial charge in [0.1, 0.15) is 5.75 Å². The maximum Gasteiger partial charge on any atom is 0.264 e. The molecule has 5 nitrogen and oxygen atoms in total. The number of carbonyl (C=O) groups is 1. The molecule has 27 heavy (non-hydrogen) atoms. The van der Waals surface area contributed by atoms with Crippen molar-refractivity contribution in [3.63, 3.8) is 0 Å². The van der Waals surface area contributed by atoms with Crippen LogP contribution < -0.4 is 19.1 Å². The van der Waals surface area contributed by atoms with Gasteiger partial charge >= 0.3 is 0 Å².